The number of aliphatic hydroxyl groups is 1. The van der Waals surface area contributed by atoms with E-state index in [1.54, 1.807) is 11.3 Å². The number of fused-ring (bicyclic) bond motifs is 1. The molecule has 2 unspecified atom stereocenters. The van der Waals surface area contributed by atoms with Gasteiger partial charge >= 0.3 is 0 Å². The maximum atomic E-state index is 12.0. The van der Waals surface area contributed by atoms with E-state index in [9.17, 15) is 4.79 Å². The molecule has 2 N–H and O–H groups in total. The Labute approximate surface area is 123 Å². The minimum atomic E-state index is 0.101. The lowest BCUT2D eigenvalue weighted by atomic mass is 10.1. The first kappa shape index (κ1) is 13.7. The van der Waals surface area contributed by atoms with Gasteiger partial charge in [0.2, 0.25) is 5.91 Å². The second-order valence-electron chi connectivity index (χ2n) is 5.58. The molecule has 0 saturated heterocycles. The highest BCUT2D eigenvalue weighted by molar-refractivity contribution is 7.10. The molecule has 2 fully saturated rings. The normalized spacial score (nSPS) is 26.6. The molecule has 1 amide bonds. The van der Waals surface area contributed by atoms with E-state index in [0.29, 0.717) is 30.7 Å². The summed E-state index contributed by atoms with van der Waals surface area (Å²) in [5.41, 5.74) is 0.969. The summed E-state index contributed by atoms with van der Waals surface area (Å²) < 4.78 is 0. The molecule has 2 saturated carbocycles. The fourth-order valence-electron chi connectivity index (χ4n) is 3.26. The number of rotatable bonds is 4. The number of hydrogen-bond acceptors (Lipinski definition) is 3. The van der Waals surface area contributed by atoms with Crippen LogP contribution in [0.4, 0.5) is 0 Å². The molecule has 0 spiro atoms. The molecule has 20 heavy (non-hydrogen) atoms. The topological polar surface area (TPSA) is 49.3 Å². The van der Waals surface area contributed by atoms with Gasteiger partial charge in [-0.05, 0) is 30.7 Å². The SMILES string of the molecule is O=C(NCc1cc(C#CCCO)cs1)C1C2CCCC21. The van der Waals surface area contributed by atoms with E-state index in [-0.39, 0.29) is 12.5 Å². The van der Waals surface area contributed by atoms with E-state index in [4.69, 9.17) is 5.11 Å². The van der Waals surface area contributed by atoms with Gasteiger partial charge in [0.1, 0.15) is 0 Å². The maximum Gasteiger partial charge on any atom is 0.223 e. The van der Waals surface area contributed by atoms with Crippen LogP contribution in [0.15, 0.2) is 11.4 Å². The molecule has 0 bridgehead atoms. The van der Waals surface area contributed by atoms with E-state index < -0.39 is 0 Å². The average molecular weight is 289 g/mol. The number of carbonyl (C=O) groups is 1. The quantitative estimate of drug-likeness (QED) is 0.834. The third-order valence-corrected chi connectivity index (χ3v) is 5.21. The van der Waals surface area contributed by atoms with E-state index in [0.717, 1.165) is 10.4 Å². The number of amides is 1. The third-order valence-electron chi connectivity index (χ3n) is 4.27. The Bertz CT molecular complexity index is 544. The maximum absolute atomic E-state index is 12.0. The van der Waals surface area contributed by atoms with E-state index in [1.807, 2.05) is 11.4 Å². The monoisotopic (exact) mass is 289 g/mol. The highest BCUT2D eigenvalue weighted by atomic mass is 32.1. The first-order chi connectivity index (χ1) is 9.79. The molecular formula is C16H19NO2S. The van der Waals surface area contributed by atoms with Gasteiger partial charge in [-0.25, -0.2) is 0 Å². The Kier molecular flexibility index (Phi) is 4.09. The van der Waals surface area contributed by atoms with Crippen LogP contribution >= 0.6 is 11.3 Å². The van der Waals surface area contributed by atoms with Crippen LogP contribution in [0.3, 0.4) is 0 Å². The zero-order chi connectivity index (χ0) is 13.9. The summed E-state index contributed by atoms with van der Waals surface area (Å²) in [6.07, 6.45) is 4.30. The first-order valence-electron chi connectivity index (χ1n) is 7.24. The Morgan fingerprint density at radius 1 is 1.45 bits per heavy atom. The van der Waals surface area contributed by atoms with Crippen molar-refractivity contribution in [1.82, 2.24) is 5.32 Å². The van der Waals surface area contributed by atoms with Gasteiger partial charge in [-0.2, -0.15) is 0 Å². The third kappa shape index (κ3) is 2.89. The largest absolute Gasteiger partial charge is 0.395 e. The molecule has 3 nitrogen and oxygen atoms in total. The fraction of sp³-hybridized carbons (Fsp3) is 0.562. The second kappa shape index (κ2) is 5.99. The van der Waals surface area contributed by atoms with Crippen molar-refractivity contribution in [2.45, 2.75) is 32.2 Å². The molecule has 0 aliphatic heterocycles. The molecule has 2 aliphatic rings. The van der Waals surface area contributed by atoms with Gasteiger partial charge in [-0.15, -0.1) is 11.3 Å². The van der Waals surface area contributed by atoms with Crippen molar-refractivity contribution in [2.24, 2.45) is 17.8 Å². The van der Waals surface area contributed by atoms with Crippen molar-refractivity contribution in [3.05, 3.63) is 21.9 Å². The molecule has 0 radical (unpaired) electrons. The molecule has 3 rings (SSSR count). The molecular weight excluding hydrogens is 270 g/mol. The van der Waals surface area contributed by atoms with Crippen molar-refractivity contribution in [1.29, 1.82) is 0 Å². The Morgan fingerprint density at radius 3 is 3.00 bits per heavy atom. The summed E-state index contributed by atoms with van der Waals surface area (Å²) in [5, 5.41) is 13.7. The van der Waals surface area contributed by atoms with Gasteiger partial charge < -0.3 is 10.4 Å². The lowest BCUT2D eigenvalue weighted by Crippen LogP contribution is -2.25. The molecule has 1 aromatic rings. The average Bonchev–Trinajstić information content (AvgIpc) is 2.84. The van der Waals surface area contributed by atoms with Gasteiger partial charge in [0.05, 0.1) is 13.2 Å². The predicted octanol–water partition coefficient (Wildman–Crippen LogP) is 2.14. The summed E-state index contributed by atoms with van der Waals surface area (Å²) in [7, 11) is 0. The minimum absolute atomic E-state index is 0.101. The number of hydrogen-bond donors (Lipinski definition) is 2. The van der Waals surface area contributed by atoms with Crippen molar-refractivity contribution < 1.29 is 9.90 Å². The Hall–Kier alpha value is -1.31. The van der Waals surface area contributed by atoms with Crippen molar-refractivity contribution in [3.63, 3.8) is 0 Å². The van der Waals surface area contributed by atoms with Gasteiger partial charge in [0, 0.05) is 28.2 Å². The van der Waals surface area contributed by atoms with Crippen LogP contribution in [0.5, 0.6) is 0 Å². The van der Waals surface area contributed by atoms with Crippen molar-refractivity contribution in [2.75, 3.05) is 6.61 Å². The van der Waals surface area contributed by atoms with Crippen LogP contribution in [-0.4, -0.2) is 17.6 Å². The van der Waals surface area contributed by atoms with E-state index in [2.05, 4.69) is 17.2 Å². The van der Waals surface area contributed by atoms with E-state index in [1.165, 1.54) is 19.3 Å². The van der Waals surface area contributed by atoms with Crippen LogP contribution in [0, 0.1) is 29.6 Å². The number of nitrogens with one attached hydrogen (secondary N) is 1. The zero-order valence-corrected chi connectivity index (χ0v) is 12.2. The molecule has 0 aromatic carbocycles. The first-order valence-corrected chi connectivity index (χ1v) is 8.12. The lowest BCUT2D eigenvalue weighted by molar-refractivity contribution is -0.123. The summed E-state index contributed by atoms with van der Waals surface area (Å²) in [4.78, 5) is 13.2. The van der Waals surface area contributed by atoms with Gasteiger partial charge in [-0.1, -0.05) is 18.3 Å². The minimum Gasteiger partial charge on any atom is -0.395 e. The van der Waals surface area contributed by atoms with Gasteiger partial charge in [-0.3, -0.25) is 4.79 Å². The number of aliphatic hydroxyl groups excluding tert-OH is 1. The highest BCUT2D eigenvalue weighted by Crippen LogP contribution is 2.57. The molecule has 1 heterocycles. The molecule has 2 aliphatic carbocycles. The van der Waals surface area contributed by atoms with Crippen LogP contribution < -0.4 is 5.32 Å². The number of thiophene rings is 1. The van der Waals surface area contributed by atoms with Crippen LogP contribution in [0.25, 0.3) is 0 Å². The van der Waals surface area contributed by atoms with Crippen LogP contribution in [-0.2, 0) is 11.3 Å². The molecule has 2 atom stereocenters. The van der Waals surface area contributed by atoms with Crippen LogP contribution in [0.2, 0.25) is 0 Å². The van der Waals surface area contributed by atoms with Crippen LogP contribution in [0.1, 0.15) is 36.1 Å². The Balaban J connectivity index is 1.47. The summed E-state index contributed by atoms with van der Waals surface area (Å²) in [6.45, 7) is 0.713. The lowest BCUT2D eigenvalue weighted by Gasteiger charge is -2.04. The highest BCUT2D eigenvalue weighted by Gasteiger charge is 2.56. The summed E-state index contributed by atoms with van der Waals surface area (Å²) >= 11 is 1.62. The Morgan fingerprint density at radius 2 is 2.25 bits per heavy atom. The second-order valence-corrected chi connectivity index (χ2v) is 6.58. The van der Waals surface area contributed by atoms with Gasteiger partial charge in [0.15, 0.2) is 0 Å². The van der Waals surface area contributed by atoms with E-state index >= 15 is 0 Å². The predicted molar refractivity (Wildman–Crippen MR) is 79.1 cm³/mol. The molecule has 1 aromatic heterocycles. The molecule has 4 heteroatoms. The summed E-state index contributed by atoms with van der Waals surface area (Å²) in [6, 6.07) is 2.02. The van der Waals surface area contributed by atoms with Gasteiger partial charge in [0.25, 0.3) is 0 Å². The zero-order valence-electron chi connectivity index (χ0n) is 11.4. The standard InChI is InChI=1S/C16H19NO2S/c18-7-2-1-4-11-8-12(20-10-11)9-17-16(19)15-13-5-3-6-14(13)15/h8,10,13-15,18H,2-3,5-7,9H2,(H,17,19). The summed E-state index contributed by atoms with van der Waals surface area (Å²) in [5.74, 6) is 7.81. The number of carbonyl (C=O) groups excluding carboxylic acids is 1. The fourth-order valence-corrected chi connectivity index (χ4v) is 4.02. The van der Waals surface area contributed by atoms with Crippen molar-refractivity contribution >= 4 is 17.2 Å². The smallest absolute Gasteiger partial charge is 0.223 e. The molecule has 106 valence electrons. The van der Waals surface area contributed by atoms with Crippen molar-refractivity contribution in [3.8, 4) is 11.8 Å².